The largest absolute Gasteiger partial charge is 0.194 e. The van der Waals surface area contributed by atoms with Gasteiger partial charge < -0.3 is 0 Å². The Kier molecular flexibility index (Phi) is 7.54. The van der Waals surface area contributed by atoms with Crippen LogP contribution in [0.5, 0.6) is 0 Å². The average molecular weight is 185 g/mol. The molecule has 0 radical (unpaired) electrons. The van der Waals surface area contributed by atoms with Crippen molar-refractivity contribution in [1.82, 2.24) is 0 Å². The molecule has 0 saturated heterocycles. The zero-order chi connectivity index (χ0) is 7.82. The Morgan fingerprint density at radius 1 is 1.30 bits per heavy atom. The van der Waals surface area contributed by atoms with Gasteiger partial charge in [-0.2, -0.15) is 4.39 Å². The maximum absolute atomic E-state index is 11.8. The van der Waals surface area contributed by atoms with E-state index in [1.165, 1.54) is 6.08 Å². The second-order valence-electron chi connectivity index (χ2n) is 2.03. The summed E-state index contributed by atoms with van der Waals surface area (Å²) in [7, 11) is 0. The summed E-state index contributed by atoms with van der Waals surface area (Å²) in [5.74, 6) is 0.688. The fourth-order valence-electron chi connectivity index (χ4n) is 0.627. The van der Waals surface area contributed by atoms with Gasteiger partial charge in [-0.25, -0.2) is 0 Å². The van der Waals surface area contributed by atoms with Crippen LogP contribution in [0.1, 0.15) is 25.7 Å². The van der Waals surface area contributed by atoms with E-state index < -0.39 is 5.29 Å². The fraction of sp³-hybridized carbons (Fsp3) is 0.714. The molecule has 60 valence electrons. The van der Waals surface area contributed by atoms with Crippen LogP contribution < -0.4 is 0 Å². The van der Waals surface area contributed by atoms with E-state index in [0.717, 1.165) is 19.3 Å². The van der Waals surface area contributed by atoms with Gasteiger partial charge in [0.1, 0.15) is 0 Å². The monoisotopic (exact) mass is 184 g/mol. The first-order valence-electron chi connectivity index (χ1n) is 3.34. The maximum Gasteiger partial charge on any atom is 0.185 e. The summed E-state index contributed by atoms with van der Waals surface area (Å²) in [5, 5.41) is -0.606. The Labute approximate surface area is 71.0 Å². The molecule has 0 unspecified atom stereocenters. The summed E-state index contributed by atoms with van der Waals surface area (Å²) in [6.45, 7) is 0. The van der Waals surface area contributed by atoms with Gasteiger partial charge in [-0.3, -0.25) is 0 Å². The third kappa shape index (κ3) is 8.25. The van der Waals surface area contributed by atoms with Crippen molar-refractivity contribution in [2.24, 2.45) is 0 Å². The first kappa shape index (κ1) is 10.2. The highest BCUT2D eigenvalue weighted by Crippen LogP contribution is 2.07. The number of rotatable bonds is 5. The van der Waals surface area contributed by atoms with Crippen LogP contribution in [0.15, 0.2) is 11.4 Å². The molecule has 0 aromatic rings. The average Bonchev–Trinajstić information content (AvgIpc) is 1.87. The Balaban J connectivity index is 2.98. The summed E-state index contributed by atoms with van der Waals surface area (Å²) < 4.78 is 11.8. The van der Waals surface area contributed by atoms with Gasteiger partial charge >= 0.3 is 0 Å². The molecule has 0 aliphatic carbocycles. The van der Waals surface area contributed by atoms with Crippen LogP contribution in [0, 0.1) is 0 Å². The van der Waals surface area contributed by atoms with E-state index in [9.17, 15) is 4.39 Å². The quantitative estimate of drug-likeness (QED) is 0.451. The van der Waals surface area contributed by atoms with Crippen LogP contribution in [0.3, 0.4) is 0 Å². The van der Waals surface area contributed by atoms with Crippen molar-refractivity contribution in [2.45, 2.75) is 25.7 Å². The summed E-state index contributed by atoms with van der Waals surface area (Å²) in [5.41, 5.74) is 0. The third-order valence-corrected chi connectivity index (χ3v) is 1.56. The van der Waals surface area contributed by atoms with E-state index in [1.807, 2.05) is 0 Å². The first-order valence-corrected chi connectivity index (χ1v) is 4.25. The van der Waals surface area contributed by atoms with Crippen LogP contribution in [0.4, 0.5) is 4.39 Å². The molecule has 10 heavy (non-hydrogen) atoms. The number of hydrogen-bond acceptors (Lipinski definition) is 0. The van der Waals surface area contributed by atoms with E-state index in [-0.39, 0.29) is 0 Å². The van der Waals surface area contributed by atoms with Crippen molar-refractivity contribution < 1.29 is 4.39 Å². The van der Waals surface area contributed by atoms with Crippen molar-refractivity contribution in [3.8, 4) is 0 Å². The molecule has 0 heterocycles. The molecule has 0 amide bonds. The molecule has 0 bridgehead atoms. The van der Waals surface area contributed by atoms with Crippen LogP contribution in [0.25, 0.3) is 0 Å². The zero-order valence-electron chi connectivity index (χ0n) is 5.75. The van der Waals surface area contributed by atoms with Gasteiger partial charge in [0.15, 0.2) is 5.29 Å². The van der Waals surface area contributed by atoms with Crippen LogP contribution in [-0.2, 0) is 0 Å². The topological polar surface area (TPSA) is 0 Å². The minimum Gasteiger partial charge on any atom is -0.194 e. The molecule has 0 saturated carbocycles. The second-order valence-corrected chi connectivity index (χ2v) is 2.77. The van der Waals surface area contributed by atoms with Crippen molar-refractivity contribution in [2.75, 3.05) is 5.88 Å². The minimum atomic E-state index is -0.606. The third-order valence-electron chi connectivity index (χ3n) is 1.14. The van der Waals surface area contributed by atoms with E-state index in [4.69, 9.17) is 23.2 Å². The van der Waals surface area contributed by atoms with Gasteiger partial charge in [-0.1, -0.05) is 18.0 Å². The molecule has 0 N–H and O–H groups in total. The lowest BCUT2D eigenvalue weighted by Crippen LogP contribution is -1.76. The lowest BCUT2D eigenvalue weighted by Gasteiger charge is -1.92. The summed E-state index contributed by atoms with van der Waals surface area (Å²) in [6, 6.07) is 0. The van der Waals surface area contributed by atoms with E-state index in [0.29, 0.717) is 12.3 Å². The van der Waals surface area contributed by atoms with Gasteiger partial charge in [0, 0.05) is 5.88 Å². The zero-order valence-corrected chi connectivity index (χ0v) is 7.26. The Hall–Kier alpha value is 0.250. The molecular weight excluding hydrogens is 174 g/mol. The van der Waals surface area contributed by atoms with Crippen molar-refractivity contribution in [1.29, 1.82) is 0 Å². The number of allylic oxidation sites excluding steroid dienone is 1. The lowest BCUT2D eigenvalue weighted by atomic mass is 10.2. The molecule has 0 aliphatic rings. The Morgan fingerprint density at radius 2 is 2.00 bits per heavy atom. The molecule has 0 spiro atoms. The highest BCUT2D eigenvalue weighted by Gasteiger charge is 1.87. The molecular formula is C7H11Cl2F. The fourth-order valence-corrected chi connectivity index (χ4v) is 0.925. The molecule has 0 atom stereocenters. The second kappa shape index (κ2) is 7.36. The van der Waals surface area contributed by atoms with Gasteiger partial charge in [-0.15, -0.1) is 11.6 Å². The Morgan fingerprint density at radius 3 is 2.50 bits per heavy atom. The van der Waals surface area contributed by atoms with Crippen molar-refractivity contribution in [3.63, 3.8) is 0 Å². The van der Waals surface area contributed by atoms with Crippen molar-refractivity contribution in [3.05, 3.63) is 11.4 Å². The van der Waals surface area contributed by atoms with Crippen LogP contribution >= 0.6 is 23.2 Å². The van der Waals surface area contributed by atoms with Gasteiger partial charge in [0.2, 0.25) is 0 Å². The van der Waals surface area contributed by atoms with Gasteiger partial charge in [-0.05, 0) is 25.3 Å². The smallest absolute Gasteiger partial charge is 0.185 e. The van der Waals surface area contributed by atoms with Crippen LogP contribution in [0.2, 0.25) is 0 Å². The van der Waals surface area contributed by atoms with Gasteiger partial charge in [0.05, 0.1) is 0 Å². The minimum absolute atomic E-state index is 0.606. The maximum atomic E-state index is 11.8. The molecule has 0 aromatic heterocycles. The molecule has 0 rings (SSSR count). The first-order chi connectivity index (χ1) is 4.77. The normalized spacial score (nSPS) is 12.1. The standard InChI is InChI=1S/C7H11Cl2F/c8-6-4-2-1-3-5-7(9)10/h5H,1-4,6H2/b7-5-. The van der Waals surface area contributed by atoms with E-state index in [1.54, 1.807) is 0 Å². The summed E-state index contributed by atoms with van der Waals surface area (Å²) >= 11 is 10.4. The molecule has 0 nitrogen and oxygen atoms in total. The molecule has 0 fully saturated rings. The van der Waals surface area contributed by atoms with Crippen molar-refractivity contribution >= 4 is 23.2 Å². The summed E-state index contributed by atoms with van der Waals surface area (Å²) in [6.07, 6.45) is 5.11. The number of halogens is 3. The summed E-state index contributed by atoms with van der Waals surface area (Å²) in [4.78, 5) is 0. The lowest BCUT2D eigenvalue weighted by molar-refractivity contribution is 0.673. The number of unbranched alkanes of at least 4 members (excludes halogenated alkanes) is 3. The molecule has 3 heteroatoms. The highest BCUT2D eigenvalue weighted by molar-refractivity contribution is 6.28. The SMILES string of the molecule is F/C(Cl)=C\CCCCCCl. The molecule has 0 aromatic carbocycles. The van der Waals surface area contributed by atoms with E-state index >= 15 is 0 Å². The van der Waals surface area contributed by atoms with Gasteiger partial charge in [0.25, 0.3) is 0 Å². The van der Waals surface area contributed by atoms with Crippen LogP contribution in [-0.4, -0.2) is 5.88 Å². The van der Waals surface area contributed by atoms with E-state index in [2.05, 4.69) is 0 Å². The highest BCUT2D eigenvalue weighted by atomic mass is 35.5. The Bertz CT molecular complexity index is 97.8. The number of alkyl halides is 1. The molecule has 0 aliphatic heterocycles. The predicted octanol–water partition coefficient (Wildman–Crippen LogP) is 3.84. The number of hydrogen-bond donors (Lipinski definition) is 0. The predicted molar refractivity (Wildman–Crippen MR) is 44.2 cm³/mol.